The highest BCUT2D eigenvalue weighted by atomic mass is 16.2. The minimum Gasteiger partial charge on any atom is -0.356 e. The number of hydrogen-bond donors (Lipinski definition) is 1. The summed E-state index contributed by atoms with van der Waals surface area (Å²) in [6.45, 7) is 6.63. The van der Waals surface area contributed by atoms with Gasteiger partial charge in [0.25, 0.3) is 5.91 Å². The third-order valence-corrected chi connectivity index (χ3v) is 6.61. The molecule has 0 spiro atoms. The van der Waals surface area contributed by atoms with Gasteiger partial charge in [0.2, 0.25) is 5.91 Å². The Hall–Kier alpha value is -3.41. The van der Waals surface area contributed by atoms with Gasteiger partial charge in [0, 0.05) is 17.4 Å². The number of carbonyl (C=O) groups is 2. The fourth-order valence-electron chi connectivity index (χ4n) is 4.79. The van der Waals surface area contributed by atoms with Crippen LogP contribution in [0, 0.1) is 0 Å². The molecule has 6 heteroatoms. The summed E-state index contributed by atoms with van der Waals surface area (Å²) in [6, 6.07) is 16.1. The molecule has 0 aliphatic carbocycles. The van der Waals surface area contributed by atoms with E-state index in [1.165, 1.54) is 10.6 Å². The van der Waals surface area contributed by atoms with Crippen molar-refractivity contribution in [3.8, 4) is 0 Å². The third-order valence-electron chi connectivity index (χ3n) is 6.61. The Balaban J connectivity index is 1.50. The average Bonchev–Trinajstić information content (AvgIpc) is 3.16. The number of benzene rings is 2. The highest BCUT2D eigenvalue weighted by Gasteiger charge is 2.54. The number of aromatic amines is 1. The number of fused-ring (bicyclic) bond motifs is 5. The lowest BCUT2D eigenvalue weighted by atomic mass is 9.83. The minimum absolute atomic E-state index is 0.0371. The quantitative estimate of drug-likeness (QED) is 0.663. The molecule has 31 heavy (non-hydrogen) atoms. The molecule has 1 fully saturated rings. The zero-order valence-corrected chi connectivity index (χ0v) is 18.1. The number of carbonyl (C=O) groups excluding carboxylic acids is 2. The molecule has 1 aromatic heterocycles. The second kappa shape index (κ2) is 7.08. The lowest BCUT2D eigenvalue weighted by Crippen LogP contribution is -2.65. The number of hydrogen-bond acceptors (Lipinski definition) is 3. The summed E-state index contributed by atoms with van der Waals surface area (Å²) < 4.78 is 0. The summed E-state index contributed by atoms with van der Waals surface area (Å²) in [7, 11) is 0. The summed E-state index contributed by atoms with van der Waals surface area (Å²) in [5.41, 5.74) is 3.97. The number of aromatic nitrogens is 1. The largest absolute Gasteiger partial charge is 0.356 e. The Bertz CT molecular complexity index is 1210. The first-order chi connectivity index (χ1) is 14.9. The molecular formula is C25H26N4O2. The number of piperazine rings is 1. The van der Waals surface area contributed by atoms with Gasteiger partial charge in [-0.25, -0.2) is 5.01 Å². The number of hydrazone groups is 1. The fourth-order valence-corrected chi connectivity index (χ4v) is 4.79. The standard InChI is InChI=1S/C25H26N4O2/c1-16(2)18-10-8-17(9-11-18)14-26-29-15-22(30)28-13-12-20-19-6-4-5-7-21(19)27-23(20)25(28,3)24(29)31/h4-11,14,16,27H,12-13,15H2,1-3H3/t25-/m1/s1. The van der Waals surface area contributed by atoms with Crippen LogP contribution in [0.25, 0.3) is 10.9 Å². The summed E-state index contributed by atoms with van der Waals surface area (Å²) in [6.07, 6.45) is 2.39. The van der Waals surface area contributed by atoms with Crippen LogP contribution in [-0.2, 0) is 21.5 Å². The van der Waals surface area contributed by atoms with Gasteiger partial charge in [0.1, 0.15) is 6.54 Å². The molecule has 1 saturated heterocycles. The van der Waals surface area contributed by atoms with E-state index in [2.05, 4.69) is 42.1 Å². The van der Waals surface area contributed by atoms with Crippen LogP contribution >= 0.6 is 0 Å². The van der Waals surface area contributed by atoms with E-state index >= 15 is 0 Å². The van der Waals surface area contributed by atoms with Crippen molar-refractivity contribution < 1.29 is 9.59 Å². The lowest BCUT2D eigenvalue weighted by molar-refractivity contribution is -0.165. The number of nitrogens with zero attached hydrogens (tertiary/aromatic N) is 3. The molecule has 2 aromatic carbocycles. The second-order valence-corrected chi connectivity index (χ2v) is 8.82. The van der Waals surface area contributed by atoms with Crippen molar-refractivity contribution in [2.45, 2.75) is 38.6 Å². The Morgan fingerprint density at radius 2 is 1.84 bits per heavy atom. The molecule has 1 atom stereocenters. The molecular weight excluding hydrogens is 388 g/mol. The van der Waals surface area contributed by atoms with Gasteiger partial charge in [-0.15, -0.1) is 0 Å². The topological polar surface area (TPSA) is 68.8 Å². The van der Waals surface area contributed by atoms with Crippen LogP contribution < -0.4 is 0 Å². The highest BCUT2D eigenvalue weighted by Crippen LogP contribution is 2.41. The van der Waals surface area contributed by atoms with Crippen LogP contribution in [0.2, 0.25) is 0 Å². The Morgan fingerprint density at radius 3 is 2.58 bits per heavy atom. The van der Waals surface area contributed by atoms with Gasteiger partial charge in [0.05, 0.1) is 11.9 Å². The van der Waals surface area contributed by atoms with E-state index in [-0.39, 0.29) is 18.4 Å². The van der Waals surface area contributed by atoms with Crippen LogP contribution in [0.3, 0.4) is 0 Å². The van der Waals surface area contributed by atoms with Crippen molar-refractivity contribution in [2.24, 2.45) is 5.10 Å². The van der Waals surface area contributed by atoms with E-state index in [4.69, 9.17) is 0 Å². The number of amides is 2. The molecule has 5 rings (SSSR count). The number of rotatable bonds is 3. The van der Waals surface area contributed by atoms with Gasteiger partial charge < -0.3 is 9.88 Å². The van der Waals surface area contributed by atoms with Gasteiger partial charge in [-0.05, 0) is 42.0 Å². The van der Waals surface area contributed by atoms with Crippen LogP contribution in [0.1, 0.15) is 49.1 Å². The van der Waals surface area contributed by atoms with Gasteiger partial charge in [0.15, 0.2) is 5.54 Å². The predicted octanol–water partition coefficient (Wildman–Crippen LogP) is 3.77. The first-order valence-corrected chi connectivity index (χ1v) is 10.8. The zero-order valence-electron chi connectivity index (χ0n) is 18.1. The molecule has 0 unspecified atom stereocenters. The predicted molar refractivity (Wildman–Crippen MR) is 121 cm³/mol. The maximum atomic E-state index is 13.6. The smallest absolute Gasteiger partial charge is 0.275 e. The second-order valence-electron chi connectivity index (χ2n) is 8.82. The summed E-state index contributed by atoms with van der Waals surface area (Å²) >= 11 is 0. The van der Waals surface area contributed by atoms with E-state index in [1.54, 1.807) is 11.1 Å². The molecule has 0 radical (unpaired) electrons. The van der Waals surface area contributed by atoms with E-state index in [0.717, 1.165) is 34.1 Å². The van der Waals surface area contributed by atoms with Crippen molar-refractivity contribution in [3.63, 3.8) is 0 Å². The summed E-state index contributed by atoms with van der Waals surface area (Å²) in [5, 5.41) is 6.85. The molecule has 158 valence electrons. The zero-order chi connectivity index (χ0) is 21.8. The van der Waals surface area contributed by atoms with E-state index in [0.29, 0.717) is 12.5 Å². The minimum atomic E-state index is -1.08. The molecule has 3 aromatic rings. The van der Waals surface area contributed by atoms with Gasteiger partial charge in [-0.1, -0.05) is 56.3 Å². The maximum absolute atomic E-state index is 13.6. The lowest BCUT2D eigenvalue weighted by Gasteiger charge is -2.48. The molecule has 0 bridgehead atoms. The summed E-state index contributed by atoms with van der Waals surface area (Å²) in [5.74, 6) is 0.184. The van der Waals surface area contributed by atoms with Crippen molar-refractivity contribution in [2.75, 3.05) is 13.1 Å². The normalized spacial score (nSPS) is 21.3. The Kier molecular flexibility index (Phi) is 4.46. The van der Waals surface area contributed by atoms with Crippen molar-refractivity contribution in [1.82, 2.24) is 14.9 Å². The molecule has 2 aliphatic heterocycles. The molecule has 6 nitrogen and oxygen atoms in total. The van der Waals surface area contributed by atoms with Gasteiger partial charge in [-0.2, -0.15) is 5.10 Å². The van der Waals surface area contributed by atoms with Crippen molar-refractivity contribution in [3.05, 3.63) is 70.9 Å². The third kappa shape index (κ3) is 2.97. The SMILES string of the molecule is CC(C)c1ccc(C=NN2CC(=O)N3CCc4c([nH]c5ccccc45)[C@]3(C)C2=O)cc1. The van der Waals surface area contributed by atoms with Gasteiger partial charge >= 0.3 is 0 Å². The Labute approximate surface area is 181 Å². The number of H-pyrrole nitrogens is 1. The molecule has 2 aliphatic rings. The first-order valence-electron chi connectivity index (χ1n) is 10.8. The first kappa shape index (κ1) is 19.5. The summed E-state index contributed by atoms with van der Waals surface area (Å²) in [4.78, 5) is 31.7. The van der Waals surface area contributed by atoms with Gasteiger partial charge in [-0.3, -0.25) is 9.59 Å². The Morgan fingerprint density at radius 1 is 1.10 bits per heavy atom. The maximum Gasteiger partial charge on any atom is 0.275 e. The van der Waals surface area contributed by atoms with Crippen molar-refractivity contribution in [1.29, 1.82) is 0 Å². The highest BCUT2D eigenvalue weighted by molar-refractivity contribution is 6.01. The molecule has 3 heterocycles. The number of nitrogens with one attached hydrogen (secondary N) is 1. The molecule has 0 saturated carbocycles. The van der Waals surface area contributed by atoms with E-state index in [1.807, 2.05) is 37.3 Å². The monoisotopic (exact) mass is 414 g/mol. The average molecular weight is 415 g/mol. The van der Waals surface area contributed by atoms with Crippen LogP contribution in [-0.4, -0.2) is 46.0 Å². The molecule has 1 N–H and O–H groups in total. The number of para-hydroxylation sites is 1. The molecule has 2 amide bonds. The van der Waals surface area contributed by atoms with E-state index < -0.39 is 5.54 Å². The van der Waals surface area contributed by atoms with Crippen LogP contribution in [0.4, 0.5) is 0 Å². The fraction of sp³-hybridized carbons (Fsp3) is 0.320. The van der Waals surface area contributed by atoms with Crippen molar-refractivity contribution >= 4 is 28.9 Å². The van der Waals surface area contributed by atoms with Crippen LogP contribution in [0.15, 0.2) is 53.6 Å². The van der Waals surface area contributed by atoms with Crippen LogP contribution in [0.5, 0.6) is 0 Å². The van der Waals surface area contributed by atoms with E-state index in [9.17, 15) is 9.59 Å².